The number of carbonyl (C=O) groups excluding carboxylic acids is 2. The van der Waals surface area contributed by atoms with Crippen LogP contribution in [-0.4, -0.2) is 42.7 Å². The summed E-state index contributed by atoms with van der Waals surface area (Å²) in [5.41, 5.74) is -0.227. The predicted molar refractivity (Wildman–Crippen MR) is 107 cm³/mol. The molecule has 9 heteroatoms. The van der Waals surface area contributed by atoms with Crippen molar-refractivity contribution in [2.75, 3.05) is 26.0 Å². The molecule has 0 saturated carbocycles. The predicted octanol–water partition coefficient (Wildman–Crippen LogP) is 2.63. The van der Waals surface area contributed by atoms with E-state index in [4.69, 9.17) is 4.74 Å². The van der Waals surface area contributed by atoms with Gasteiger partial charge in [-0.3, -0.25) is 19.7 Å². The summed E-state index contributed by atoms with van der Waals surface area (Å²) >= 11 is 1.71. The Bertz CT molecular complexity index is 830. The monoisotopic (exact) mass is 403 g/mol. The summed E-state index contributed by atoms with van der Waals surface area (Å²) in [6.07, 6.45) is 0.796. The number of nitro benzene ring substituents is 1. The van der Waals surface area contributed by atoms with E-state index in [2.05, 4.69) is 10.6 Å². The summed E-state index contributed by atoms with van der Waals surface area (Å²) in [4.78, 5) is 35.5. The van der Waals surface area contributed by atoms with Crippen molar-refractivity contribution in [1.29, 1.82) is 0 Å². The number of hydrogen-bond acceptors (Lipinski definition) is 6. The fourth-order valence-electron chi connectivity index (χ4n) is 2.31. The van der Waals surface area contributed by atoms with Crippen LogP contribution < -0.4 is 15.4 Å². The second kappa shape index (κ2) is 10.9. The van der Waals surface area contributed by atoms with Gasteiger partial charge >= 0.3 is 5.69 Å². The number of nitrogens with zero attached hydrogens (tertiary/aromatic N) is 1. The Hall–Kier alpha value is -3.07. The molecule has 2 aromatic carbocycles. The highest BCUT2D eigenvalue weighted by Gasteiger charge is 2.18. The molecule has 0 heterocycles. The van der Waals surface area contributed by atoms with Gasteiger partial charge in [0.05, 0.1) is 18.6 Å². The highest BCUT2D eigenvalue weighted by atomic mass is 32.2. The number of ether oxygens (including phenoxy) is 1. The summed E-state index contributed by atoms with van der Waals surface area (Å²) in [5, 5.41) is 16.2. The molecule has 2 amide bonds. The number of thioether (sulfide) groups is 1. The van der Waals surface area contributed by atoms with E-state index in [0.29, 0.717) is 6.54 Å². The normalized spacial score (nSPS) is 10.2. The van der Waals surface area contributed by atoms with Crippen LogP contribution in [-0.2, 0) is 4.79 Å². The van der Waals surface area contributed by atoms with Crippen LogP contribution in [0.1, 0.15) is 16.8 Å². The largest absolute Gasteiger partial charge is 0.490 e. The standard InChI is InChI=1S/C19H21N3O5S/c1-27-17-9-8-14(12-16(17)22(25)26)19(24)21-13-18(23)20-10-5-11-28-15-6-3-2-4-7-15/h2-4,6-9,12H,5,10-11,13H2,1H3,(H,20,23)(H,21,24). The first kappa shape index (κ1) is 21.2. The van der Waals surface area contributed by atoms with E-state index in [0.717, 1.165) is 18.2 Å². The van der Waals surface area contributed by atoms with Gasteiger partial charge in [-0.15, -0.1) is 11.8 Å². The maximum absolute atomic E-state index is 12.1. The van der Waals surface area contributed by atoms with E-state index < -0.39 is 10.8 Å². The molecular weight excluding hydrogens is 382 g/mol. The fraction of sp³-hybridized carbons (Fsp3) is 0.263. The van der Waals surface area contributed by atoms with E-state index >= 15 is 0 Å². The molecule has 0 aliphatic carbocycles. The first-order valence-electron chi connectivity index (χ1n) is 8.56. The van der Waals surface area contributed by atoms with Gasteiger partial charge in [-0.25, -0.2) is 0 Å². The zero-order valence-corrected chi connectivity index (χ0v) is 16.2. The summed E-state index contributed by atoms with van der Waals surface area (Å²) < 4.78 is 4.89. The molecule has 0 aliphatic rings. The molecule has 0 aromatic heterocycles. The zero-order valence-electron chi connectivity index (χ0n) is 15.3. The summed E-state index contributed by atoms with van der Waals surface area (Å²) in [7, 11) is 1.31. The van der Waals surface area contributed by atoms with Gasteiger partial charge < -0.3 is 15.4 Å². The Kier molecular flexibility index (Phi) is 8.29. The highest BCUT2D eigenvalue weighted by Crippen LogP contribution is 2.27. The second-order valence-electron chi connectivity index (χ2n) is 5.69. The second-order valence-corrected chi connectivity index (χ2v) is 6.86. The molecule has 2 rings (SSSR count). The van der Waals surface area contributed by atoms with Crippen molar-refractivity contribution < 1.29 is 19.2 Å². The molecule has 2 N–H and O–H groups in total. The number of carbonyl (C=O) groups is 2. The number of benzene rings is 2. The van der Waals surface area contributed by atoms with Gasteiger partial charge in [-0.1, -0.05) is 18.2 Å². The van der Waals surface area contributed by atoms with Gasteiger partial charge in [0.15, 0.2) is 5.75 Å². The lowest BCUT2D eigenvalue weighted by atomic mass is 10.1. The van der Waals surface area contributed by atoms with Gasteiger partial charge in [0.2, 0.25) is 5.91 Å². The molecule has 0 bridgehead atoms. The maximum Gasteiger partial charge on any atom is 0.311 e. The topological polar surface area (TPSA) is 111 Å². The molecule has 0 radical (unpaired) electrons. The van der Waals surface area contributed by atoms with Crippen LogP contribution >= 0.6 is 11.8 Å². The Morgan fingerprint density at radius 1 is 1.14 bits per heavy atom. The zero-order chi connectivity index (χ0) is 20.4. The summed E-state index contributed by atoms with van der Waals surface area (Å²) in [6.45, 7) is 0.299. The molecule has 0 fully saturated rings. The lowest BCUT2D eigenvalue weighted by Crippen LogP contribution is -2.37. The van der Waals surface area contributed by atoms with Crippen LogP contribution in [0.3, 0.4) is 0 Å². The minimum absolute atomic E-state index is 0.0627. The molecular formula is C19H21N3O5S. The lowest BCUT2D eigenvalue weighted by Gasteiger charge is -2.08. The minimum Gasteiger partial charge on any atom is -0.490 e. The number of rotatable bonds is 10. The SMILES string of the molecule is COc1ccc(C(=O)NCC(=O)NCCCSc2ccccc2)cc1[N+](=O)[O-]. The van der Waals surface area contributed by atoms with E-state index in [1.807, 2.05) is 30.3 Å². The number of amides is 2. The van der Waals surface area contributed by atoms with Gasteiger partial charge in [0.25, 0.3) is 5.91 Å². The Morgan fingerprint density at radius 2 is 1.89 bits per heavy atom. The number of methoxy groups -OCH3 is 1. The molecule has 2 aromatic rings. The summed E-state index contributed by atoms with van der Waals surface area (Å²) in [5.74, 6) is 0.0425. The molecule has 0 unspecified atom stereocenters. The highest BCUT2D eigenvalue weighted by molar-refractivity contribution is 7.99. The van der Waals surface area contributed by atoms with E-state index in [1.165, 1.54) is 24.1 Å². The van der Waals surface area contributed by atoms with E-state index in [-0.39, 0.29) is 29.5 Å². The molecule has 0 saturated heterocycles. The Labute approximate surface area is 166 Å². The van der Waals surface area contributed by atoms with E-state index in [1.54, 1.807) is 11.8 Å². The van der Waals surface area contributed by atoms with Crippen LogP contribution in [0.2, 0.25) is 0 Å². The quantitative estimate of drug-likeness (QED) is 0.273. The minimum atomic E-state index is -0.629. The van der Waals surface area contributed by atoms with Crippen molar-refractivity contribution in [2.24, 2.45) is 0 Å². The van der Waals surface area contributed by atoms with Gasteiger partial charge in [0, 0.05) is 23.1 Å². The van der Waals surface area contributed by atoms with Crippen LogP contribution in [0.25, 0.3) is 0 Å². The number of hydrogen-bond donors (Lipinski definition) is 2. The average molecular weight is 403 g/mol. The molecule has 0 spiro atoms. The average Bonchev–Trinajstić information content (AvgIpc) is 2.71. The van der Waals surface area contributed by atoms with Crippen molar-refractivity contribution in [3.8, 4) is 5.75 Å². The maximum atomic E-state index is 12.1. The fourth-order valence-corrected chi connectivity index (χ4v) is 3.18. The van der Waals surface area contributed by atoms with Gasteiger partial charge in [0.1, 0.15) is 0 Å². The number of nitrogens with one attached hydrogen (secondary N) is 2. The van der Waals surface area contributed by atoms with Crippen LogP contribution in [0.5, 0.6) is 5.75 Å². The number of nitro groups is 1. The van der Waals surface area contributed by atoms with Crippen molar-refractivity contribution in [1.82, 2.24) is 10.6 Å². The third-order valence-electron chi connectivity index (χ3n) is 3.70. The summed E-state index contributed by atoms with van der Waals surface area (Å²) in [6, 6.07) is 13.8. The van der Waals surface area contributed by atoms with Crippen molar-refractivity contribution >= 4 is 29.3 Å². The molecule has 148 valence electrons. The molecule has 28 heavy (non-hydrogen) atoms. The Morgan fingerprint density at radius 3 is 2.57 bits per heavy atom. The van der Waals surface area contributed by atoms with Crippen LogP contribution in [0.4, 0.5) is 5.69 Å². The van der Waals surface area contributed by atoms with E-state index in [9.17, 15) is 19.7 Å². The first-order valence-corrected chi connectivity index (χ1v) is 9.55. The van der Waals surface area contributed by atoms with Gasteiger partial charge in [-0.2, -0.15) is 0 Å². The lowest BCUT2D eigenvalue weighted by molar-refractivity contribution is -0.385. The first-order chi connectivity index (χ1) is 13.5. The van der Waals surface area contributed by atoms with Gasteiger partial charge in [-0.05, 0) is 36.4 Å². The molecule has 0 aliphatic heterocycles. The van der Waals surface area contributed by atoms with Crippen molar-refractivity contribution in [3.63, 3.8) is 0 Å². The smallest absolute Gasteiger partial charge is 0.311 e. The third-order valence-corrected chi connectivity index (χ3v) is 4.80. The molecule has 0 atom stereocenters. The van der Waals surface area contributed by atoms with Crippen LogP contribution in [0.15, 0.2) is 53.4 Å². The van der Waals surface area contributed by atoms with Crippen LogP contribution in [0, 0.1) is 10.1 Å². The Balaban J connectivity index is 1.71. The van der Waals surface area contributed by atoms with Crippen molar-refractivity contribution in [2.45, 2.75) is 11.3 Å². The van der Waals surface area contributed by atoms with Crippen molar-refractivity contribution in [3.05, 3.63) is 64.2 Å². The molecule has 8 nitrogen and oxygen atoms in total. The third kappa shape index (κ3) is 6.58.